The van der Waals surface area contributed by atoms with Crippen LogP contribution in [0.25, 0.3) is 11.3 Å². The van der Waals surface area contributed by atoms with E-state index in [9.17, 15) is 4.39 Å². The molecule has 0 bridgehead atoms. The van der Waals surface area contributed by atoms with Gasteiger partial charge >= 0.3 is 0 Å². The van der Waals surface area contributed by atoms with Crippen molar-refractivity contribution in [3.05, 3.63) is 69.6 Å². The third-order valence-corrected chi connectivity index (χ3v) is 4.33. The van der Waals surface area contributed by atoms with Crippen molar-refractivity contribution < 1.29 is 4.39 Å². The van der Waals surface area contributed by atoms with E-state index in [4.69, 9.17) is 11.6 Å². The predicted molar refractivity (Wildman–Crippen MR) is 85.4 cm³/mol. The minimum Gasteiger partial charge on any atom is -0.320 e. The molecule has 2 aromatic carbocycles. The van der Waals surface area contributed by atoms with Gasteiger partial charge < -0.3 is 4.57 Å². The van der Waals surface area contributed by atoms with Crippen LogP contribution in [-0.2, 0) is 7.05 Å². The minimum atomic E-state index is -0.434. The molecule has 0 unspecified atom stereocenters. The zero-order valence-corrected chi connectivity index (χ0v) is 12.8. The van der Waals surface area contributed by atoms with Crippen LogP contribution in [0.15, 0.2) is 58.9 Å². The molecule has 0 amide bonds. The molecular weight excluding hydrogens is 307 g/mol. The number of aromatic nitrogens is 1. The molecule has 0 saturated heterocycles. The Hall–Kier alpha value is -1.91. The number of benzene rings is 2. The molecule has 0 fully saturated rings. The van der Waals surface area contributed by atoms with E-state index < -0.39 is 5.82 Å². The lowest BCUT2D eigenvalue weighted by molar-refractivity contribution is 0.628. The van der Waals surface area contributed by atoms with Crippen LogP contribution in [0.3, 0.4) is 0 Å². The Morgan fingerprint density at radius 1 is 1.14 bits per heavy atom. The molecule has 21 heavy (non-hydrogen) atoms. The van der Waals surface area contributed by atoms with Gasteiger partial charge in [-0.2, -0.15) is 0 Å². The van der Waals surface area contributed by atoms with Crippen molar-refractivity contribution >= 4 is 28.6 Å². The number of nitrogens with zero attached hydrogens (tertiary/aromatic N) is 2. The number of halogens is 2. The van der Waals surface area contributed by atoms with E-state index in [0.29, 0.717) is 5.69 Å². The summed E-state index contributed by atoms with van der Waals surface area (Å²) in [6.45, 7) is 0. The van der Waals surface area contributed by atoms with E-state index in [1.807, 2.05) is 29.8 Å². The van der Waals surface area contributed by atoms with Crippen LogP contribution in [0.5, 0.6) is 0 Å². The van der Waals surface area contributed by atoms with Gasteiger partial charge in [-0.3, -0.25) is 0 Å². The van der Waals surface area contributed by atoms with Crippen molar-refractivity contribution in [1.29, 1.82) is 0 Å². The highest BCUT2D eigenvalue weighted by Gasteiger charge is 2.05. The SMILES string of the molecule is Cn1c(-c2ccccc2)csc1=Nc1ccc(F)c(Cl)c1. The molecule has 0 spiro atoms. The lowest BCUT2D eigenvalue weighted by Gasteiger charge is -2.02. The zero-order chi connectivity index (χ0) is 14.8. The normalized spacial score (nSPS) is 11.9. The standard InChI is InChI=1S/C16H12ClFN2S/c1-20-15(11-5-3-2-4-6-11)10-21-16(20)19-12-7-8-14(18)13(17)9-12/h2-10H,1H3. The molecule has 3 rings (SSSR count). The lowest BCUT2D eigenvalue weighted by atomic mass is 10.2. The molecule has 0 atom stereocenters. The van der Waals surface area contributed by atoms with E-state index >= 15 is 0 Å². The van der Waals surface area contributed by atoms with Crippen molar-refractivity contribution in [2.45, 2.75) is 0 Å². The van der Waals surface area contributed by atoms with Gasteiger partial charge in [0.1, 0.15) is 5.82 Å². The third kappa shape index (κ3) is 2.91. The van der Waals surface area contributed by atoms with Crippen LogP contribution >= 0.6 is 22.9 Å². The fourth-order valence-electron chi connectivity index (χ4n) is 2.01. The van der Waals surface area contributed by atoms with Gasteiger partial charge in [-0.1, -0.05) is 41.9 Å². The maximum absolute atomic E-state index is 13.2. The second kappa shape index (κ2) is 5.84. The van der Waals surface area contributed by atoms with E-state index in [1.165, 1.54) is 23.5 Å². The molecule has 0 aliphatic rings. The quantitative estimate of drug-likeness (QED) is 0.647. The molecule has 0 radical (unpaired) electrons. The third-order valence-electron chi connectivity index (χ3n) is 3.12. The Labute approximate surface area is 130 Å². The number of hydrogen-bond donors (Lipinski definition) is 0. The molecular formula is C16H12ClFN2S. The topological polar surface area (TPSA) is 17.3 Å². The Kier molecular flexibility index (Phi) is 3.90. The fraction of sp³-hybridized carbons (Fsp3) is 0.0625. The fourth-order valence-corrected chi connectivity index (χ4v) is 3.11. The van der Waals surface area contributed by atoms with Gasteiger partial charge in [-0.25, -0.2) is 9.38 Å². The Morgan fingerprint density at radius 3 is 2.62 bits per heavy atom. The number of hydrogen-bond acceptors (Lipinski definition) is 2. The first-order valence-corrected chi connectivity index (χ1v) is 7.60. The Morgan fingerprint density at radius 2 is 1.90 bits per heavy atom. The summed E-state index contributed by atoms with van der Waals surface area (Å²) in [4.78, 5) is 5.35. The molecule has 5 heteroatoms. The number of thiazole rings is 1. The second-order valence-electron chi connectivity index (χ2n) is 4.54. The highest BCUT2D eigenvalue weighted by Crippen LogP contribution is 2.22. The van der Waals surface area contributed by atoms with Crippen LogP contribution in [0.4, 0.5) is 10.1 Å². The van der Waals surface area contributed by atoms with Crippen LogP contribution < -0.4 is 4.80 Å². The van der Waals surface area contributed by atoms with Gasteiger partial charge in [0.15, 0.2) is 4.80 Å². The highest BCUT2D eigenvalue weighted by atomic mass is 35.5. The summed E-state index contributed by atoms with van der Waals surface area (Å²) in [5.74, 6) is -0.434. The van der Waals surface area contributed by atoms with Crippen molar-refractivity contribution in [3.63, 3.8) is 0 Å². The van der Waals surface area contributed by atoms with E-state index in [2.05, 4.69) is 22.5 Å². The molecule has 1 aromatic heterocycles. The molecule has 1 heterocycles. The molecule has 0 aliphatic carbocycles. The molecule has 0 saturated carbocycles. The van der Waals surface area contributed by atoms with E-state index in [-0.39, 0.29) is 5.02 Å². The van der Waals surface area contributed by atoms with Crippen molar-refractivity contribution in [3.8, 4) is 11.3 Å². The van der Waals surface area contributed by atoms with Crippen molar-refractivity contribution in [1.82, 2.24) is 4.57 Å². The lowest BCUT2D eigenvalue weighted by Crippen LogP contribution is -2.10. The first-order chi connectivity index (χ1) is 10.1. The second-order valence-corrected chi connectivity index (χ2v) is 5.78. The molecule has 0 N–H and O–H groups in total. The molecule has 0 aliphatic heterocycles. The summed E-state index contributed by atoms with van der Waals surface area (Å²) >= 11 is 7.32. The van der Waals surface area contributed by atoms with Crippen LogP contribution in [0.2, 0.25) is 5.02 Å². The predicted octanol–water partition coefficient (Wildman–Crippen LogP) is 4.78. The molecule has 106 valence electrons. The molecule has 2 nitrogen and oxygen atoms in total. The van der Waals surface area contributed by atoms with Gasteiger partial charge in [0.2, 0.25) is 0 Å². The summed E-state index contributed by atoms with van der Waals surface area (Å²) < 4.78 is 15.2. The summed E-state index contributed by atoms with van der Waals surface area (Å²) in [5, 5.41) is 2.14. The first kappa shape index (κ1) is 14.0. The first-order valence-electron chi connectivity index (χ1n) is 6.35. The van der Waals surface area contributed by atoms with Crippen LogP contribution in [0.1, 0.15) is 0 Å². The average molecular weight is 319 g/mol. The van der Waals surface area contributed by atoms with E-state index in [0.717, 1.165) is 16.1 Å². The highest BCUT2D eigenvalue weighted by molar-refractivity contribution is 7.07. The van der Waals surface area contributed by atoms with E-state index in [1.54, 1.807) is 6.07 Å². The summed E-state index contributed by atoms with van der Waals surface area (Å²) in [7, 11) is 1.96. The van der Waals surface area contributed by atoms with Crippen molar-refractivity contribution in [2.24, 2.45) is 12.0 Å². The maximum Gasteiger partial charge on any atom is 0.190 e. The van der Waals surface area contributed by atoms with Crippen molar-refractivity contribution in [2.75, 3.05) is 0 Å². The van der Waals surface area contributed by atoms with Gasteiger partial charge in [0.25, 0.3) is 0 Å². The average Bonchev–Trinajstić information content (AvgIpc) is 2.85. The van der Waals surface area contributed by atoms with Crippen LogP contribution in [-0.4, -0.2) is 4.57 Å². The summed E-state index contributed by atoms with van der Waals surface area (Å²) in [6.07, 6.45) is 0. The van der Waals surface area contributed by atoms with Gasteiger partial charge in [-0.15, -0.1) is 11.3 Å². The van der Waals surface area contributed by atoms with Crippen LogP contribution in [0, 0.1) is 5.82 Å². The summed E-state index contributed by atoms with van der Waals surface area (Å²) in [6, 6.07) is 14.6. The zero-order valence-electron chi connectivity index (χ0n) is 11.3. The van der Waals surface area contributed by atoms with Gasteiger partial charge in [-0.05, 0) is 23.8 Å². The Bertz CT molecular complexity index is 837. The smallest absolute Gasteiger partial charge is 0.190 e. The summed E-state index contributed by atoms with van der Waals surface area (Å²) in [5.41, 5.74) is 2.86. The van der Waals surface area contributed by atoms with Gasteiger partial charge in [0.05, 0.1) is 16.4 Å². The maximum atomic E-state index is 13.2. The van der Waals surface area contributed by atoms with Gasteiger partial charge in [0, 0.05) is 12.4 Å². The number of rotatable bonds is 2. The minimum absolute atomic E-state index is 0.0822. The Balaban J connectivity index is 2.06. The largest absolute Gasteiger partial charge is 0.320 e. The molecule has 3 aromatic rings. The monoisotopic (exact) mass is 318 g/mol.